The highest BCUT2D eigenvalue weighted by atomic mass is 35.5. The number of piperidine rings is 3. The third-order valence-electron chi connectivity index (χ3n) is 11.1. The van der Waals surface area contributed by atoms with Crippen LogP contribution in [0.25, 0.3) is 10.1 Å². The molecule has 4 aliphatic rings. The van der Waals surface area contributed by atoms with Crippen LogP contribution in [0, 0.1) is 17.0 Å². The van der Waals surface area contributed by atoms with E-state index in [9.17, 15) is 28.7 Å². The van der Waals surface area contributed by atoms with Crippen LogP contribution in [0.5, 0.6) is 11.5 Å². The molecule has 10 nitrogen and oxygen atoms in total. The Balaban J connectivity index is 1.26. The Kier molecular flexibility index (Phi) is 11.4. The van der Waals surface area contributed by atoms with Crippen molar-refractivity contribution in [3.63, 3.8) is 0 Å². The molecule has 5 aromatic rings. The summed E-state index contributed by atoms with van der Waals surface area (Å²) in [6.45, 7) is -0.257. The van der Waals surface area contributed by atoms with Crippen molar-refractivity contribution in [2.45, 2.75) is 56.8 Å². The van der Waals surface area contributed by atoms with Crippen LogP contribution in [-0.2, 0) is 16.0 Å². The lowest BCUT2D eigenvalue weighted by Crippen LogP contribution is -2.52. The number of carboxylic acid groups (broad SMARTS) is 1. The number of nitrogens with one attached hydrogen (secondary N) is 1. The molecule has 3 saturated heterocycles. The van der Waals surface area contributed by atoms with E-state index < -0.39 is 30.5 Å². The van der Waals surface area contributed by atoms with E-state index in [0.717, 1.165) is 61.3 Å². The van der Waals surface area contributed by atoms with E-state index in [1.807, 2.05) is 29.6 Å². The smallest absolute Gasteiger partial charge is 0.387 e. The zero-order valence-corrected chi connectivity index (χ0v) is 32.9. The molecule has 2 aromatic heterocycles. The fourth-order valence-electron chi connectivity index (χ4n) is 8.01. The van der Waals surface area contributed by atoms with E-state index in [-0.39, 0.29) is 63.6 Å². The Hall–Kier alpha value is -4.69. The summed E-state index contributed by atoms with van der Waals surface area (Å²) in [7, 11) is 0. The van der Waals surface area contributed by atoms with Gasteiger partial charge in [-0.3, -0.25) is 4.90 Å². The average molecular weight is 839 g/mol. The molecule has 2 N–H and O–H groups in total. The standard InChI is InChI=1S/C42H39Cl2F2N3O7S/c43-31-18-49(53)19-32(44)29(31)17-28(25-10-11-34(56-42(45)46)35(16-25)54-21-23-8-9-23)38-27(40(50)51)5-3-6-33(38)47-39(30-22-57-37-7-2-1-4-26(30)37)41(52)55-36-20-48-14-12-24(36)13-15-48/h1-7,10-11,16,18-19,22-24,28,36,39,42,47H,8-9,12-15,17,20-21H2,(H,50,51)/t28-,36-,39?/m0/s1. The number of thiophene rings is 1. The number of hydrogen-bond donors (Lipinski definition) is 2. The van der Waals surface area contributed by atoms with Crippen molar-refractivity contribution in [3.05, 3.63) is 122 Å². The van der Waals surface area contributed by atoms with Gasteiger partial charge in [-0.05, 0) is 109 Å². The molecule has 3 aromatic carbocycles. The highest BCUT2D eigenvalue weighted by Gasteiger charge is 2.39. The van der Waals surface area contributed by atoms with Crippen molar-refractivity contribution in [1.29, 1.82) is 0 Å². The van der Waals surface area contributed by atoms with Gasteiger partial charge in [0.15, 0.2) is 29.9 Å². The predicted molar refractivity (Wildman–Crippen MR) is 213 cm³/mol. The molecule has 15 heteroatoms. The molecular weight excluding hydrogens is 799 g/mol. The van der Waals surface area contributed by atoms with Gasteiger partial charge in [-0.1, -0.05) is 53.5 Å². The molecule has 4 fully saturated rings. The Morgan fingerprint density at radius 2 is 1.75 bits per heavy atom. The molecule has 9 rings (SSSR count). The van der Waals surface area contributed by atoms with E-state index in [0.29, 0.717) is 33.7 Å². The number of aromatic carboxylic acids is 1. The van der Waals surface area contributed by atoms with Crippen LogP contribution < -0.4 is 19.5 Å². The van der Waals surface area contributed by atoms with Gasteiger partial charge in [0.2, 0.25) is 0 Å². The minimum Gasteiger partial charge on any atom is -0.619 e. The first-order chi connectivity index (χ1) is 27.5. The fraction of sp³-hybridized carbons (Fsp3) is 0.357. The quantitative estimate of drug-likeness (QED) is 0.0604. The minimum atomic E-state index is -3.12. The number of aromatic nitrogens is 1. The molecule has 3 aliphatic heterocycles. The summed E-state index contributed by atoms with van der Waals surface area (Å²) in [5.41, 5.74) is 1.94. The van der Waals surface area contributed by atoms with E-state index in [2.05, 4.69) is 10.2 Å². The number of ether oxygens (including phenoxy) is 3. The Bertz CT molecular complexity index is 2280. The van der Waals surface area contributed by atoms with Gasteiger partial charge in [-0.2, -0.15) is 13.5 Å². The van der Waals surface area contributed by atoms with Crippen LogP contribution in [0.1, 0.15) is 70.3 Å². The number of esters is 1. The molecule has 298 valence electrons. The van der Waals surface area contributed by atoms with Gasteiger partial charge in [-0.15, -0.1) is 11.3 Å². The molecule has 1 unspecified atom stereocenters. The third-order valence-corrected chi connectivity index (χ3v) is 12.8. The SMILES string of the molecule is O=C(O)c1cccc(NC(C(=O)O[C@H]2CN3CCC2CC3)c2csc3ccccc23)c1[C@@H](Cc1c(Cl)c[n+]([O-])cc1Cl)c1ccc(OC(F)F)c(OCC2CC2)c1. The minimum absolute atomic E-state index is 0.0370. The van der Waals surface area contributed by atoms with Gasteiger partial charge in [-0.25, -0.2) is 9.59 Å². The molecule has 1 aliphatic carbocycles. The van der Waals surface area contributed by atoms with Crippen molar-refractivity contribution >= 4 is 62.3 Å². The first kappa shape index (κ1) is 39.2. The van der Waals surface area contributed by atoms with E-state index >= 15 is 0 Å². The first-order valence-corrected chi connectivity index (χ1v) is 20.5. The molecule has 0 amide bonds. The highest BCUT2D eigenvalue weighted by molar-refractivity contribution is 7.17. The lowest BCUT2D eigenvalue weighted by atomic mass is 9.82. The van der Waals surface area contributed by atoms with Crippen molar-refractivity contribution in [1.82, 2.24) is 4.90 Å². The van der Waals surface area contributed by atoms with Crippen molar-refractivity contribution in [2.24, 2.45) is 11.8 Å². The lowest BCUT2D eigenvalue weighted by molar-refractivity contribution is -0.605. The number of nitrogens with zero attached hydrogens (tertiary/aromatic N) is 2. The van der Waals surface area contributed by atoms with Crippen LogP contribution >= 0.6 is 34.5 Å². The summed E-state index contributed by atoms with van der Waals surface area (Å²) in [5, 5.41) is 29.3. The number of rotatable bonds is 15. The summed E-state index contributed by atoms with van der Waals surface area (Å²) in [6.07, 6.45) is 5.74. The number of carbonyl (C=O) groups is 2. The summed E-state index contributed by atoms with van der Waals surface area (Å²) in [5.74, 6) is -2.26. The van der Waals surface area contributed by atoms with Crippen LogP contribution in [-0.4, -0.2) is 60.9 Å². The topological polar surface area (TPSA) is 124 Å². The summed E-state index contributed by atoms with van der Waals surface area (Å²) >= 11 is 14.8. The lowest BCUT2D eigenvalue weighted by Gasteiger charge is -2.44. The second-order valence-corrected chi connectivity index (χ2v) is 16.6. The number of fused-ring (bicyclic) bond motifs is 4. The first-order valence-electron chi connectivity index (χ1n) is 18.8. The van der Waals surface area contributed by atoms with Gasteiger partial charge in [0.05, 0.1) is 12.2 Å². The molecule has 0 spiro atoms. The number of pyridine rings is 1. The van der Waals surface area contributed by atoms with Crippen molar-refractivity contribution < 1.29 is 42.4 Å². The largest absolute Gasteiger partial charge is 0.619 e. The Morgan fingerprint density at radius 3 is 2.44 bits per heavy atom. The van der Waals surface area contributed by atoms with E-state index in [4.69, 9.17) is 37.4 Å². The van der Waals surface area contributed by atoms with Crippen LogP contribution in [0.4, 0.5) is 14.5 Å². The number of benzene rings is 3. The number of alkyl halides is 2. The second-order valence-electron chi connectivity index (χ2n) is 14.8. The van der Waals surface area contributed by atoms with E-state index in [1.165, 1.54) is 23.5 Å². The van der Waals surface area contributed by atoms with Gasteiger partial charge in [0.1, 0.15) is 16.1 Å². The average Bonchev–Trinajstić information content (AvgIpc) is 3.93. The third kappa shape index (κ3) is 8.62. The summed E-state index contributed by atoms with van der Waals surface area (Å²) in [6, 6.07) is 15.9. The normalized spacial score (nSPS) is 20.0. The molecule has 3 atom stereocenters. The van der Waals surface area contributed by atoms with Crippen LogP contribution in [0.3, 0.4) is 0 Å². The number of carbonyl (C=O) groups excluding carboxylic acids is 1. The van der Waals surface area contributed by atoms with Crippen molar-refractivity contribution in [2.75, 3.05) is 31.6 Å². The van der Waals surface area contributed by atoms with Gasteiger partial charge in [0.25, 0.3) is 0 Å². The van der Waals surface area contributed by atoms with Crippen molar-refractivity contribution in [3.8, 4) is 11.5 Å². The molecule has 1 saturated carbocycles. The molecule has 57 heavy (non-hydrogen) atoms. The molecular formula is C42H39Cl2F2N3O7S. The fourth-order valence-corrected chi connectivity index (χ4v) is 9.60. The highest BCUT2D eigenvalue weighted by Crippen LogP contribution is 2.44. The van der Waals surface area contributed by atoms with Crippen LogP contribution in [0.2, 0.25) is 10.0 Å². The summed E-state index contributed by atoms with van der Waals surface area (Å²) in [4.78, 5) is 30.0. The number of anilines is 1. The number of halogens is 4. The maximum absolute atomic E-state index is 14.5. The monoisotopic (exact) mass is 837 g/mol. The zero-order chi connectivity index (χ0) is 39.8. The Labute approximate surface area is 341 Å². The maximum atomic E-state index is 14.5. The molecule has 0 radical (unpaired) electrons. The molecule has 2 bridgehead atoms. The zero-order valence-electron chi connectivity index (χ0n) is 30.5. The maximum Gasteiger partial charge on any atom is 0.387 e. The molecule has 5 heterocycles. The Morgan fingerprint density at radius 1 is 1.00 bits per heavy atom. The number of carboxylic acids is 1. The summed E-state index contributed by atoms with van der Waals surface area (Å²) < 4.78 is 45.8. The number of hydrogen-bond acceptors (Lipinski definition) is 9. The predicted octanol–water partition coefficient (Wildman–Crippen LogP) is 9.10. The van der Waals surface area contributed by atoms with Gasteiger partial charge >= 0.3 is 18.6 Å². The van der Waals surface area contributed by atoms with Gasteiger partial charge in [0, 0.05) is 34.0 Å². The van der Waals surface area contributed by atoms with Gasteiger partial charge < -0.3 is 29.8 Å². The second kappa shape index (κ2) is 16.7. The van der Waals surface area contributed by atoms with Crippen LogP contribution in [0.15, 0.2) is 78.4 Å². The van der Waals surface area contributed by atoms with E-state index in [1.54, 1.807) is 24.3 Å².